The summed E-state index contributed by atoms with van der Waals surface area (Å²) in [4.78, 5) is 9.02. The molecule has 0 spiro atoms. The Labute approximate surface area is 115 Å². The zero-order chi connectivity index (χ0) is 13.5. The van der Waals surface area contributed by atoms with E-state index in [1.165, 1.54) is 31.2 Å². The third kappa shape index (κ3) is 4.23. The highest BCUT2D eigenvalue weighted by atomic mass is 15.2. The van der Waals surface area contributed by atoms with Gasteiger partial charge in [-0.1, -0.05) is 18.9 Å². The van der Waals surface area contributed by atoms with E-state index in [2.05, 4.69) is 40.5 Å². The summed E-state index contributed by atoms with van der Waals surface area (Å²) in [5, 5.41) is 6.83. The van der Waals surface area contributed by atoms with Crippen LogP contribution in [-0.4, -0.2) is 23.5 Å². The Morgan fingerprint density at radius 2 is 2.21 bits per heavy atom. The second-order valence-electron chi connectivity index (χ2n) is 5.09. The lowest BCUT2D eigenvalue weighted by atomic mass is 10.2. The Morgan fingerprint density at radius 1 is 1.42 bits per heavy atom. The molecule has 1 fully saturated rings. The van der Waals surface area contributed by atoms with Crippen LogP contribution < -0.4 is 10.6 Å². The van der Waals surface area contributed by atoms with E-state index in [0.717, 1.165) is 18.2 Å². The predicted octanol–water partition coefficient (Wildman–Crippen LogP) is 2.39. The lowest BCUT2D eigenvalue weighted by molar-refractivity contribution is 0.613. The van der Waals surface area contributed by atoms with E-state index in [4.69, 9.17) is 0 Å². The fourth-order valence-electron chi connectivity index (χ4n) is 2.42. The van der Waals surface area contributed by atoms with Gasteiger partial charge in [0.15, 0.2) is 5.96 Å². The van der Waals surface area contributed by atoms with Crippen molar-refractivity contribution in [1.29, 1.82) is 0 Å². The molecule has 1 aromatic rings. The second-order valence-corrected chi connectivity index (χ2v) is 5.09. The highest BCUT2D eigenvalue weighted by Gasteiger charge is 2.15. The molecule has 2 N–H and O–H groups in total. The molecule has 4 heteroatoms. The number of aromatic nitrogens is 1. The van der Waals surface area contributed by atoms with Crippen LogP contribution in [0, 0.1) is 6.92 Å². The molecular weight excluding hydrogens is 236 g/mol. The van der Waals surface area contributed by atoms with Gasteiger partial charge in [-0.25, -0.2) is 4.99 Å². The van der Waals surface area contributed by atoms with E-state index in [1.807, 2.05) is 12.3 Å². The smallest absolute Gasteiger partial charge is 0.191 e. The maximum Gasteiger partial charge on any atom is 0.191 e. The molecule has 1 heterocycles. The second kappa shape index (κ2) is 7.12. The van der Waals surface area contributed by atoms with Crippen LogP contribution in [0.2, 0.25) is 0 Å². The Morgan fingerprint density at radius 3 is 2.89 bits per heavy atom. The number of nitrogens with zero attached hydrogens (tertiary/aromatic N) is 2. The van der Waals surface area contributed by atoms with Crippen molar-refractivity contribution < 1.29 is 0 Å². The molecule has 19 heavy (non-hydrogen) atoms. The van der Waals surface area contributed by atoms with Crippen molar-refractivity contribution in [3.63, 3.8) is 0 Å². The third-order valence-electron chi connectivity index (χ3n) is 3.55. The summed E-state index contributed by atoms with van der Waals surface area (Å²) in [7, 11) is 0. The topological polar surface area (TPSA) is 49.3 Å². The van der Waals surface area contributed by atoms with Crippen LogP contribution in [0.3, 0.4) is 0 Å². The first-order valence-corrected chi connectivity index (χ1v) is 7.25. The van der Waals surface area contributed by atoms with E-state index in [9.17, 15) is 0 Å². The summed E-state index contributed by atoms with van der Waals surface area (Å²) >= 11 is 0. The van der Waals surface area contributed by atoms with Gasteiger partial charge in [-0.15, -0.1) is 0 Å². The van der Waals surface area contributed by atoms with E-state index in [1.54, 1.807) is 0 Å². The molecule has 1 saturated carbocycles. The number of aryl methyl sites for hydroxylation is 1. The van der Waals surface area contributed by atoms with Gasteiger partial charge in [-0.3, -0.25) is 4.98 Å². The molecule has 0 aromatic carbocycles. The SMILES string of the molecule is CCNC(=NCc1ncccc1C)NC1CCCC1. The fraction of sp³-hybridized carbons (Fsp3) is 0.600. The van der Waals surface area contributed by atoms with E-state index in [0.29, 0.717) is 12.6 Å². The zero-order valence-corrected chi connectivity index (χ0v) is 11.9. The number of rotatable bonds is 4. The lowest BCUT2D eigenvalue weighted by Crippen LogP contribution is -2.42. The van der Waals surface area contributed by atoms with Gasteiger partial charge in [0.25, 0.3) is 0 Å². The van der Waals surface area contributed by atoms with Gasteiger partial charge in [-0.2, -0.15) is 0 Å². The first-order valence-electron chi connectivity index (χ1n) is 7.25. The van der Waals surface area contributed by atoms with Gasteiger partial charge in [0.05, 0.1) is 12.2 Å². The minimum atomic E-state index is 0.586. The maximum atomic E-state index is 4.64. The first kappa shape index (κ1) is 13.8. The van der Waals surface area contributed by atoms with Gasteiger partial charge in [0, 0.05) is 18.8 Å². The van der Waals surface area contributed by atoms with Gasteiger partial charge < -0.3 is 10.6 Å². The van der Waals surface area contributed by atoms with Crippen LogP contribution in [-0.2, 0) is 6.54 Å². The number of hydrogen-bond donors (Lipinski definition) is 2. The summed E-state index contributed by atoms with van der Waals surface area (Å²) in [6, 6.07) is 4.63. The molecule has 0 unspecified atom stereocenters. The summed E-state index contributed by atoms with van der Waals surface area (Å²) in [5.74, 6) is 0.916. The van der Waals surface area contributed by atoms with E-state index >= 15 is 0 Å². The molecule has 0 atom stereocenters. The molecule has 0 saturated heterocycles. The Kier molecular flexibility index (Phi) is 5.19. The normalized spacial score (nSPS) is 16.6. The van der Waals surface area contributed by atoms with Gasteiger partial charge >= 0.3 is 0 Å². The minimum absolute atomic E-state index is 0.586. The first-order chi connectivity index (χ1) is 9.29. The summed E-state index contributed by atoms with van der Waals surface area (Å²) < 4.78 is 0. The molecule has 0 bridgehead atoms. The van der Waals surface area contributed by atoms with E-state index in [-0.39, 0.29) is 0 Å². The van der Waals surface area contributed by atoms with Crippen LogP contribution in [0.15, 0.2) is 23.3 Å². The average Bonchev–Trinajstić information content (AvgIpc) is 2.91. The molecule has 0 aliphatic heterocycles. The number of pyridine rings is 1. The number of aliphatic imine (C=N–C) groups is 1. The van der Waals surface area contributed by atoms with Crippen molar-refractivity contribution >= 4 is 5.96 Å². The quantitative estimate of drug-likeness (QED) is 0.645. The molecule has 104 valence electrons. The molecule has 0 amide bonds. The van der Waals surface area contributed by atoms with Crippen molar-refractivity contribution in [3.8, 4) is 0 Å². The van der Waals surface area contributed by atoms with E-state index < -0.39 is 0 Å². The fourth-order valence-corrected chi connectivity index (χ4v) is 2.42. The zero-order valence-electron chi connectivity index (χ0n) is 11.9. The largest absolute Gasteiger partial charge is 0.357 e. The van der Waals surface area contributed by atoms with Crippen molar-refractivity contribution in [2.24, 2.45) is 4.99 Å². The highest BCUT2D eigenvalue weighted by molar-refractivity contribution is 5.80. The minimum Gasteiger partial charge on any atom is -0.357 e. The Balaban J connectivity index is 1.97. The van der Waals surface area contributed by atoms with Crippen molar-refractivity contribution in [1.82, 2.24) is 15.6 Å². The Bertz CT molecular complexity index is 422. The molecule has 1 aromatic heterocycles. The van der Waals surface area contributed by atoms with Gasteiger partial charge in [0.2, 0.25) is 0 Å². The Hall–Kier alpha value is -1.58. The van der Waals surface area contributed by atoms with Crippen molar-refractivity contribution in [2.75, 3.05) is 6.54 Å². The average molecular weight is 260 g/mol. The molecule has 0 radical (unpaired) electrons. The summed E-state index contributed by atoms with van der Waals surface area (Å²) in [5.41, 5.74) is 2.24. The molecule has 1 aliphatic rings. The molecular formula is C15H24N4. The van der Waals surface area contributed by atoms with Gasteiger partial charge in [0.1, 0.15) is 0 Å². The monoisotopic (exact) mass is 260 g/mol. The summed E-state index contributed by atoms with van der Waals surface area (Å²) in [6.45, 7) is 5.70. The lowest BCUT2D eigenvalue weighted by Gasteiger charge is -2.16. The molecule has 1 aliphatic carbocycles. The number of nitrogens with one attached hydrogen (secondary N) is 2. The van der Waals surface area contributed by atoms with Crippen LogP contribution >= 0.6 is 0 Å². The highest BCUT2D eigenvalue weighted by Crippen LogP contribution is 2.17. The number of guanidine groups is 1. The standard InChI is InChI=1S/C15H24N4/c1-3-16-15(19-13-8-4-5-9-13)18-11-14-12(2)7-6-10-17-14/h6-7,10,13H,3-5,8-9,11H2,1-2H3,(H2,16,18,19). The third-order valence-corrected chi connectivity index (χ3v) is 3.55. The molecule has 4 nitrogen and oxygen atoms in total. The van der Waals surface area contributed by atoms with Crippen molar-refractivity contribution in [2.45, 2.75) is 52.1 Å². The predicted molar refractivity (Wildman–Crippen MR) is 79.2 cm³/mol. The van der Waals surface area contributed by atoms with Crippen LogP contribution in [0.4, 0.5) is 0 Å². The van der Waals surface area contributed by atoms with Crippen LogP contribution in [0.5, 0.6) is 0 Å². The van der Waals surface area contributed by atoms with Gasteiger partial charge in [-0.05, 0) is 38.3 Å². The number of hydrogen-bond acceptors (Lipinski definition) is 2. The molecule has 2 rings (SSSR count). The summed E-state index contributed by atoms with van der Waals surface area (Å²) in [6.07, 6.45) is 7.00. The maximum absolute atomic E-state index is 4.64. The van der Waals surface area contributed by atoms with Crippen LogP contribution in [0.1, 0.15) is 43.9 Å². The van der Waals surface area contributed by atoms with Crippen LogP contribution in [0.25, 0.3) is 0 Å². The van der Waals surface area contributed by atoms with Crippen molar-refractivity contribution in [3.05, 3.63) is 29.6 Å².